The van der Waals surface area contributed by atoms with Crippen molar-refractivity contribution in [2.75, 3.05) is 13.1 Å². The number of nitrogens with zero attached hydrogens (tertiary/aromatic N) is 1. The van der Waals surface area contributed by atoms with Crippen molar-refractivity contribution >= 4 is 27.7 Å². The number of fused-ring (bicyclic) bond motifs is 1. The van der Waals surface area contributed by atoms with E-state index >= 15 is 0 Å². The molecule has 2 amide bonds. The molecule has 2 heterocycles. The number of nitrogens with one attached hydrogen (secondary N) is 1. The first kappa shape index (κ1) is 19.2. The van der Waals surface area contributed by atoms with Crippen LogP contribution in [-0.4, -0.2) is 44.3 Å². The van der Waals surface area contributed by atoms with E-state index in [0.29, 0.717) is 43.8 Å². The molecule has 28 heavy (non-hydrogen) atoms. The fourth-order valence-electron chi connectivity index (χ4n) is 4.50. The molecule has 1 aromatic carbocycles. The van der Waals surface area contributed by atoms with Gasteiger partial charge in [-0.1, -0.05) is 31.0 Å². The highest BCUT2D eigenvalue weighted by atomic mass is 32.2. The van der Waals surface area contributed by atoms with Crippen LogP contribution in [0.15, 0.2) is 34.1 Å². The van der Waals surface area contributed by atoms with Gasteiger partial charge in [-0.25, -0.2) is 8.42 Å². The van der Waals surface area contributed by atoms with E-state index in [9.17, 15) is 18.0 Å². The smallest absolute Gasteiger partial charge is 0.265 e. The molecule has 1 saturated carbocycles. The van der Waals surface area contributed by atoms with Crippen molar-refractivity contribution in [1.29, 1.82) is 0 Å². The van der Waals surface area contributed by atoms with Gasteiger partial charge in [0.05, 0.1) is 4.90 Å². The average Bonchev–Trinajstić information content (AvgIpc) is 3.28. The molecule has 7 heteroatoms. The Bertz CT molecular complexity index is 908. The molecule has 0 radical (unpaired) electrons. The number of amides is 2. The molecule has 1 aromatic rings. The third kappa shape index (κ3) is 3.72. The van der Waals surface area contributed by atoms with E-state index in [-0.39, 0.29) is 21.7 Å². The predicted molar refractivity (Wildman–Crippen MR) is 106 cm³/mol. The number of piperidine rings is 1. The van der Waals surface area contributed by atoms with Crippen LogP contribution in [0, 0.1) is 5.92 Å². The summed E-state index contributed by atoms with van der Waals surface area (Å²) in [6.45, 7) is 0.910. The van der Waals surface area contributed by atoms with E-state index in [1.54, 1.807) is 23.1 Å². The highest BCUT2D eigenvalue weighted by Gasteiger charge is 2.37. The minimum Gasteiger partial charge on any atom is -0.353 e. The molecule has 0 atom stereocenters. The van der Waals surface area contributed by atoms with E-state index in [2.05, 4.69) is 5.32 Å². The topological polar surface area (TPSA) is 83.6 Å². The van der Waals surface area contributed by atoms with Gasteiger partial charge < -0.3 is 10.2 Å². The Balaban J connectivity index is 1.33. The number of sulfone groups is 1. The maximum absolute atomic E-state index is 12.8. The van der Waals surface area contributed by atoms with Crippen LogP contribution in [0.4, 0.5) is 0 Å². The van der Waals surface area contributed by atoms with Crippen LogP contribution < -0.4 is 5.32 Å². The highest BCUT2D eigenvalue weighted by molar-refractivity contribution is 7.96. The highest BCUT2D eigenvalue weighted by Crippen LogP contribution is 2.34. The van der Waals surface area contributed by atoms with Crippen LogP contribution in [0.5, 0.6) is 0 Å². The Morgan fingerprint density at radius 2 is 1.71 bits per heavy atom. The Morgan fingerprint density at radius 3 is 2.39 bits per heavy atom. The molecule has 1 saturated heterocycles. The third-order valence-corrected chi connectivity index (χ3v) is 7.91. The van der Waals surface area contributed by atoms with Crippen LogP contribution in [0.1, 0.15) is 50.5 Å². The van der Waals surface area contributed by atoms with E-state index in [1.807, 2.05) is 0 Å². The van der Waals surface area contributed by atoms with Crippen molar-refractivity contribution in [2.45, 2.75) is 55.9 Å². The van der Waals surface area contributed by atoms with E-state index < -0.39 is 15.7 Å². The van der Waals surface area contributed by atoms with Gasteiger partial charge in [-0.15, -0.1) is 0 Å². The third-order valence-electron chi connectivity index (χ3n) is 6.09. The second kappa shape index (κ2) is 7.70. The summed E-state index contributed by atoms with van der Waals surface area (Å²) in [6, 6.07) is 6.73. The number of carbonyl (C=O) groups excluding carboxylic acids is 2. The van der Waals surface area contributed by atoms with Crippen molar-refractivity contribution < 1.29 is 18.0 Å². The molecular formula is C21H26N2O4S. The molecule has 4 rings (SSSR count). The molecule has 150 valence electrons. The lowest BCUT2D eigenvalue weighted by Crippen LogP contribution is -2.47. The summed E-state index contributed by atoms with van der Waals surface area (Å²) in [6.07, 6.45) is 8.12. The van der Waals surface area contributed by atoms with Gasteiger partial charge >= 0.3 is 0 Å². The van der Waals surface area contributed by atoms with E-state index in [4.69, 9.17) is 0 Å². The summed E-state index contributed by atoms with van der Waals surface area (Å²) < 4.78 is 25.3. The molecule has 6 nitrogen and oxygen atoms in total. The normalized spacial score (nSPS) is 22.0. The summed E-state index contributed by atoms with van der Waals surface area (Å²) in [4.78, 5) is 26.7. The second-order valence-electron chi connectivity index (χ2n) is 8.04. The van der Waals surface area contributed by atoms with Crippen LogP contribution in [0.2, 0.25) is 0 Å². The van der Waals surface area contributed by atoms with Gasteiger partial charge in [0.25, 0.3) is 5.91 Å². The maximum atomic E-state index is 12.8. The number of benzene rings is 1. The van der Waals surface area contributed by atoms with Crippen molar-refractivity contribution in [2.24, 2.45) is 5.92 Å². The molecule has 1 aliphatic carbocycles. The monoisotopic (exact) mass is 402 g/mol. The molecule has 0 unspecified atom stereocenters. The molecule has 3 aliphatic rings. The van der Waals surface area contributed by atoms with E-state index in [0.717, 1.165) is 12.8 Å². The first-order valence-corrected chi connectivity index (χ1v) is 11.6. The lowest BCUT2D eigenvalue weighted by molar-refractivity contribution is -0.127. The minimum absolute atomic E-state index is 0.0596. The van der Waals surface area contributed by atoms with Crippen LogP contribution >= 0.6 is 0 Å². The Labute approximate surface area is 165 Å². The minimum atomic E-state index is -3.74. The average molecular weight is 403 g/mol. The number of hydrogen-bond acceptors (Lipinski definition) is 4. The van der Waals surface area contributed by atoms with Crippen molar-refractivity contribution in [3.8, 4) is 0 Å². The summed E-state index contributed by atoms with van der Waals surface area (Å²) in [5.74, 6) is 0.183. The van der Waals surface area contributed by atoms with Gasteiger partial charge in [0.1, 0.15) is 4.91 Å². The summed E-state index contributed by atoms with van der Waals surface area (Å²) in [5.41, 5.74) is 0.569. The number of likely N-dealkylation sites (tertiary alicyclic amines) is 1. The van der Waals surface area contributed by atoms with E-state index in [1.165, 1.54) is 25.0 Å². The van der Waals surface area contributed by atoms with Crippen molar-refractivity contribution in [3.05, 3.63) is 34.7 Å². The quantitative estimate of drug-likeness (QED) is 0.839. The van der Waals surface area contributed by atoms with Gasteiger partial charge in [0.15, 0.2) is 0 Å². The zero-order valence-electron chi connectivity index (χ0n) is 15.9. The zero-order chi connectivity index (χ0) is 19.7. The lowest BCUT2D eigenvalue weighted by Gasteiger charge is -2.32. The van der Waals surface area contributed by atoms with Crippen LogP contribution in [-0.2, 0) is 19.4 Å². The summed E-state index contributed by atoms with van der Waals surface area (Å²) >= 11 is 0. The first-order chi connectivity index (χ1) is 13.4. The van der Waals surface area contributed by atoms with Crippen molar-refractivity contribution in [3.63, 3.8) is 0 Å². The molecule has 2 aliphatic heterocycles. The number of rotatable bonds is 4. The summed E-state index contributed by atoms with van der Waals surface area (Å²) in [7, 11) is -3.74. The van der Waals surface area contributed by atoms with Crippen LogP contribution in [0.3, 0.4) is 0 Å². The Morgan fingerprint density at radius 1 is 1.04 bits per heavy atom. The second-order valence-corrected chi connectivity index (χ2v) is 9.92. The fourth-order valence-corrected chi connectivity index (χ4v) is 6.08. The number of carbonyl (C=O) groups is 2. The lowest BCUT2D eigenvalue weighted by atomic mass is 10.0. The predicted octanol–water partition coefficient (Wildman–Crippen LogP) is 2.50. The first-order valence-electron chi connectivity index (χ1n) is 10.1. The number of hydrogen-bond donors (Lipinski definition) is 1. The fraction of sp³-hybridized carbons (Fsp3) is 0.524. The van der Waals surface area contributed by atoms with Gasteiger partial charge in [-0.2, -0.15) is 0 Å². The molecule has 0 bridgehead atoms. The van der Waals surface area contributed by atoms with Crippen LogP contribution in [0.25, 0.3) is 6.08 Å². The Hall–Kier alpha value is -2.15. The molecule has 0 aromatic heterocycles. The molecule has 2 fully saturated rings. The SMILES string of the molecule is O=C(CC1CCCC1)NC1CCN(C(=O)C2=Cc3ccccc3S2(=O)=O)CC1. The largest absolute Gasteiger partial charge is 0.353 e. The van der Waals surface area contributed by atoms with Gasteiger partial charge in [0, 0.05) is 25.6 Å². The molecule has 1 N–H and O–H groups in total. The van der Waals surface area contributed by atoms with Gasteiger partial charge in [0.2, 0.25) is 15.7 Å². The Kier molecular flexibility index (Phi) is 5.27. The van der Waals surface area contributed by atoms with Gasteiger partial charge in [-0.05, 0) is 49.3 Å². The maximum Gasteiger partial charge on any atom is 0.265 e. The molecule has 0 spiro atoms. The zero-order valence-corrected chi connectivity index (χ0v) is 16.7. The summed E-state index contributed by atoms with van der Waals surface area (Å²) in [5, 5.41) is 3.10. The van der Waals surface area contributed by atoms with Crippen molar-refractivity contribution in [1.82, 2.24) is 10.2 Å². The molecular weight excluding hydrogens is 376 g/mol. The van der Waals surface area contributed by atoms with Gasteiger partial charge in [-0.3, -0.25) is 9.59 Å². The standard InChI is InChI=1S/C21H26N2O4S/c24-20(13-15-5-1-2-6-15)22-17-9-11-23(12-10-17)21(25)19-14-16-7-3-4-8-18(16)28(19,26)27/h3-4,7-8,14-15,17H,1-2,5-6,9-13H2,(H,22,24).